The number of pyridine rings is 1. The van der Waals surface area contributed by atoms with Crippen molar-refractivity contribution in [1.29, 1.82) is 0 Å². The third kappa shape index (κ3) is 5.39. The minimum atomic E-state index is -0.271. The molecule has 34 heavy (non-hydrogen) atoms. The van der Waals surface area contributed by atoms with Gasteiger partial charge in [-0.1, -0.05) is 6.07 Å². The quantitative estimate of drug-likeness (QED) is 0.601. The van der Waals surface area contributed by atoms with Crippen LogP contribution in [0, 0.1) is 5.82 Å². The lowest BCUT2D eigenvalue weighted by atomic mass is 10.1. The van der Waals surface area contributed by atoms with Crippen molar-refractivity contribution in [3.8, 4) is 11.4 Å². The summed E-state index contributed by atoms with van der Waals surface area (Å²) in [5.41, 5.74) is 2.05. The zero-order valence-corrected chi connectivity index (χ0v) is 19.9. The number of nitrogens with one attached hydrogen (secondary N) is 1. The molecule has 1 N–H and O–H groups in total. The lowest BCUT2D eigenvalue weighted by Crippen LogP contribution is -2.53. The molecule has 2 aliphatic rings. The van der Waals surface area contributed by atoms with Crippen LogP contribution in [-0.4, -0.2) is 64.0 Å². The zero-order chi connectivity index (χ0) is 23.5. The fraction of sp³-hybridized carbons (Fsp3) is 0.462. The molecule has 5 rings (SSSR count). The summed E-state index contributed by atoms with van der Waals surface area (Å²) in [6.45, 7) is 9.03. The van der Waals surface area contributed by atoms with Crippen molar-refractivity contribution in [2.45, 2.75) is 51.4 Å². The molecule has 0 unspecified atom stereocenters. The second-order valence-electron chi connectivity index (χ2n) is 9.52. The molecule has 2 saturated heterocycles. The third-order valence-electron chi connectivity index (χ3n) is 6.52. The van der Waals surface area contributed by atoms with E-state index in [-0.39, 0.29) is 11.9 Å². The molecule has 8 heteroatoms. The van der Waals surface area contributed by atoms with Crippen LogP contribution >= 0.6 is 0 Å². The summed E-state index contributed by atoms with van der Waals surface area (Å²) in [5.74, 6) is 1.26. The van der Waals surface area contributed by atoms with Crippen LogP contribution in [0.1, 0.15) is 32.4 Å². The maximum atomic E-state index is 13.5. The lowest BCUT2D eigenvalue weighted by Gasteiger charge is -2.35. The molecule has 180 valence electrons. The van der Waals surface area contributed by atoms with Crippen LogP contribution in [0.25, 0.3) is 5.69 Å². The third-order valence-corrected chi connectivity index (χ3v) is 6.52. The summed E-state index contributed by atoms with van der Waals surface area (Å²) < 4.78 is 21.4. The molecule has 3 aromatic rings. The fourth-order valence-corrected chi connectivity index (χ4v) is 5.11. The van der Waals surface area contributed by atoms with E-state index >= 15 is 0 Å². The van der Waals surface area contributed by atoms with Crippen LogP contribution in [0.3, 0.4) is 0 Å². The second kappa shape index (κ2) is 10.1. The normalized spacial score (nSPS) is 22.1. The van der Waals surface area contributed by atoms with Crippen molar-refractivity contribution in [3.63, 3.8) is 0 Å². The summed E-state index contributed by atoms with van der Waals surface area (Å²) in [6.07, 6.45) is 5.66. The number of benzene rings is 1. The van der Waals surface area contributed by atoms with E-state index in [1.54, 1.807) is 6.07 Å². The number of nitrogens with zero attached hydrogens (tertiary/aromatic N) is 5. The van der Waals surface area contributed by atoms with Gasteiger partial charge in [0.1, 0.15) is 23.4 Å². The Hall–Kier alpha value is -2.97. The van der Waals surface area contributed by atoms with Gasteiger partial charge in [0.2, 0.25) is 0 Å². The molecule has 0 aliphatic carbocycles. The molecule has 2 atom stereocenters. The van der Waals surface area contributed by atoms with E-state index in [0.29, 0.717) is 17.8 Å². The molecular formula is C26H33FN6O. The summed E-state index contributed by atoms with van der Waals surface area (Å²) in [7, 11) is 0. The van der Waals surface area contributed by atoms with Gasteiger partial charge in [-0.05, 0) is 44.2 Å². The molecule has 4 heterocycles. The first-order valence-corrected chi connectivity index (χ1v) is 12.2. The zero-order valence-electron chi connectivity index (χ0n) is 19.9. The highest BCUT2D eigenvalue weighted by molar-refractivity contribution is 5.57. The first kappa shape index (κ1) is 22.8. The molecular weight excluding hydrogens is 431 g/mol. The van der Waals surface area contributed by atoms with E-state index in [0.717, 1.165) is 62.8 Å². The molecule has 0 amide bonds. The van der Waals surface area contributed by atoms with Crippen molar-refractivity contribution in [2.75, 3.05) is 31.1 Å². The van der Waals surface area contributed by atoms with Crippen LogP contribution < -0.4 is 15.0 Å². The monoisotopic (exact) mass is 464 g/mol. The molecule has 7 nitrogen and oxygen atoms in total. The van der Waals surface area contributed by atoms with E-state index < -0.39 is 0 Å². The smallest absolute Gasteiger partial charge is 0.154 e. The van der Waals surface area contributed by atoms with Gasteiger partial charge in [0.05, 0.1) is 5.69 Å². The highest BCUT2D eigenvalue weighted by atomic mass is 19.1. The van der Waals surface area contributed by atoms with Crippen LogP contribution in [-0.2, 0) is 6.54 Å². The summed E-state index contributed by atoms with van der Waals surface area (Å²) >= 11 is 0. The highest BCUT2D eigenvalue weighted by Gasteiger charge is 2.25. The van der Waals surface area contributed by atoms with Gasteiger partial charge in [0.25, 0.3) is 0 Å². The van der Waals surface area contributed by atoms with Crippen LogP contribution in [0.2, 0.25) is 0 Å². The van der Waals surface area contributed by atoms with E-state index in [1.165, 1.54) is 12.1 Å². The lowest BCUT2D eigenvalue weighted by molar-refractivity contribution is 0.165. The number of anilines is 1. The second-order valence-corrected chi connectivity index (χ2v) is 9.52. The first-order chi connectivity index (χ1) is 16.5. The Morgan fingerprint density at radius 3 is 2.62 bits per heavy atom. The minimum Gasteiger partial charge on any atom is -0.490 e. The van der Waals surface area contributed by atoms with Crippen molar-refractivity contribution in [2.24, 2.45) is 0 Å². The van der Waals surface area contributed by atoms with Crippen LogP contribution in [0.4, 0.5) is 10.2 Å². The Bertz CT molecular complexity index is 1090. The topological polar surface area (TPSA) is 58.5 Å². The number of piperazine rings is 1. The number of aromatic nitrogens is 3. The van der Waals surface area contributed by atoms with E-state index in [4.69, 9.17) is 14.8 Å². The molecule has 0 spiro atoms. The molecule has 0 saturated carbocycles. The molecule has 0 radical (unpaired) electrons. The van der Waals surface area contributed by atoms with Gasteiger partial charge >= 0.3 is 0 Å². The average Bonchev–Trinajstić information content (AvgIpc) is 3.27. The highest BCUT2D eigenvalue weighted by Crippen LogP contribution is 2.27. The van der Waals surface area contributed by atoms with Gasteiger partial charge in [0, 0.05) is 76.1 Å². The molecule has 2 aliphatic heterocycles. The number of hydrogen-bond acceptors (Lipinski definition) is 6. The van der Waals surface area contributed by atoms with Crippen molar-refractivity contribution < 1.29 is 9.13 Å². The Kier molecular flexibility index (Phi) is 6.78. The van der Waals surface area contributed by atoms with Crippen LogP contribution in [0.15, 0.2) is 54.9 Å². The Balaban J connectivity index is 1.24. The molecule has 1 aromatic carbocycles. The van der Waals surface area contributed by atoms with Gasteiger partial charge in [-0.2, -0.15) is 5.10 Å². The number of hydrogen-bond donors (Lipinski definition) is 1. The fourth-order valence-electron chi connectivity index (χ4n) is 5.11. The predicted octanol–water partition coefficient (Wildman–Crippen LogP) is 3.64. The van der Waals surface area contributed by atoms with Crippen LogP contribution in [0.5, 0.6) is 5.75 Å². The van der Waals surface area contributed by atoms with E-state index in [1.807, 2.05) is 29.2 Å². The Labute approximate surface area is 200 Å². The maximum Gasteiger partial charge on any atom is 0.154 e. The van der Waals surface area contributed by atoms with Crippen molar-refractivity contribution >= 4 is 5.82 Å². The average molecular weight is 465 g/mol. The predicted molar refractivity (Wildman–Crippen MR) is 131 cm³/mol. The van der Waals surface area contributed by atoms with Crippen molar-refractivity contribution in [1.82, 2.24) is 25.0 Å². The number of ether oxygens (including phenoxy) is 1. The summed E-state index contributed by atoms with van der Waals surface area (Å²) in [6, 6.07) is 13.5. The number of piperidine rings is 1. The SMILES string of the molecule is C[C@@H]1CN(Cc2ccn(-c3cccnc3N3CCC(Oc4cccc(F)c4)CC3)n2)C[C@H](C)N1. The van der Waals surface area contributed by atoms with E-state index in [9.17, 15) is 4.39 Å². The first-order valence-electron chi connectivity index (χ1n) is 12.2. The molecule has 0 bridgehead atoms. The van der Waals surface area contributed by atoms with E-state index in [2.05, 4.69) is 41.1 Å². The van der Waals surface area contributed by atoms with Gasteiger partial charge in [-0.15, -0.1) is 0 Å². The number of halogens is 1. The Morgan fingerprint density at radius 1 is 1.06 bits per heavy atom. The standard InChI is InChI=1S/C26H33FN6O/c1-19-16-31(17-20(2)29-19)18-22-8-14-33(30-22)25-7-4-11-28-26(25)32-12-9-23(10-13-32)34-24-6-3-5-21(27)15-24/h3-8,11,14-15,19-20,23,29H,9-10,12-13,16-18H2,1-2H3/t19-,20+. The van der Waals surface area contributed by atoms with Gasteiger partial charge in [0.15, 0.2) is 5.82 Å². The minimum absolute atomic E-state index is 0.0744. The Morgan fingerprint density at radius 2 is 1.85 bits per heavy atom. The maximum absolute atomic E-state index is 13.5. The largest absolute Gasteiger partial charge is 0.490 e. The molecule has 2 fully saturated rings. The van der Waals surface area contributed by atoms with Gasteiger partial charge in [-0.3, -0.25) is 4.90 Å². The van der Waals surface area contributed by atoms with Gasteiger partial charge < -0.3 is 15.0 Å². The molecule has 2 aromatic heterocycles. The van der Waals surface area contributed by atoms with Gasteiger partial charge in [-0.25, -0.2) is 14.1 Å². The summed E-state index contributed by atoms with van der Waals surface area (Å²) in [5, 5.41) is 8.47. The van der Waals surface area contributed by atoms with Crippen molar-refractivity contribution in [3.05, 3.63) is 66.4 Å². The number of rotatable bonds is 6. The summed E-state index contributed by atoms with van der Waals surface area (Å²) in [4.78, 5) is 9.46.